The lowest BCUT2D eigenvalue weighted by Gasteiger charge is -2.15. The average molecular weight is 279 g/mol. The lowest BCUT2D eigenvalue weighted by atomic mass is 10.2. The predicted octanol–water partition coefficient (Wildman–Crippen LogP) is 1.68. The second-order valence-electron chi connectivity index (χ2n) is 3.91. The normalized spacial score (nSPS) is 13.3. The summed E-state index contributed by atoms with van der Waals surface area (Å²) < 4.78 is 44.5. The van der Waals surface area contributed by atoms with Gasteiger partial charge in [0.05, 0.1) is 19.3 Å². The molecule has 1 aromatic rings. The maximum atomic E-state index is 12.0. The van der Waals surface area contributed by atoms with Gasteiger partial charge in [0.1, 0.15) is 5.75 Å². The number of hydrogen-bond acceptors (Lipinski definition) is 4. The Bertz CT molecular complexity index is 367. The minimum absolute atomic E-state index is 0.0802. The number of halogens is 3. The molecule has 0 fully saturated rings. The molecule has 0 aliphatic rings. The molecule has 1 unspecified atom stereocenters. The molecule has 1 aromatic carbocycles. The molecule has 0 heterocycles. The average Bonchev–Trinajstić information content (AvgIpc) is 2.34. The zero-order valence-corrected chi connectivity index (χ0v) is 10.4. The van der Waals surface area contributed by atoms with E-state index in [-0.39, 0.29) is 18.4 Å². The second kappa shape index (κ2) is 7.32. The van der Waals surface area contributed by atoms with Crippen molar-refractivity contribution in [3.63, 3.8) is 0 Å². The van der Waals surface area contributed by atoms with Crippen LogP contribution in [0.5, 0.6) is 5.75 Å². The molecule has 0 bridgehead atoms. The van der Waals surface area contributed by atoms with E-state index in [0.29, 0.717) is 13.2 Å². The highest BCUT2D eigenvalue weighted by Crippen LogP contribution is 2.22. The Hall–Kier alpha value is -1.31. The number of nitrogens with one attached hydrogen (secondary N) is 1. The molecule has 0 saturated carbocycles. The maximum Gasteiger partial charge on any atom is 0.573 e. The molecule has 0 amide bonds. The largest absolute Gasteiger partial charge is 0.573 e. The van der Waals surface area contributed by atoms with Crippen LogP contribution in [-0.2, 0) is 11.3 Å². The summed E-state index contributed by atoms with van der Waals surface area (Å²) in [5.74, 6) is -0.258. The zero-order valence-electron chi connectivity index (χ0n) is 10.4. The van der Waals surface area contributed by atoms with Gasteiger partial charge < -0.3 is 19.9 Å². The van der Waals surface area contributed by atoms with Gasteiger partial charge in [0, 0.05) is 13.7 Å². The number of alkyl halides is 3. The van der Waals surface area contributed by atoms with Crippen molar-refractivity contribution in [2.24, 2.45) is 0 Å². The van der Waals surface area contributed by atoms with Crippen LogP contribution in [0.15, 0.2) is 24.3 Å². The van der Waals surface area contributed by atoms with Gasteiger partial charge in [-0.2, -0.15) is 0 Å². The summed E-state index contributed by atoms with van der Waals surface area (Å²) >= 11 is 0. The topological polar surface area (TPSA) is 50.7 Å². The van der Waals surface area contributed by atoms with Crippen LogP contribution in [0.1, 0.15) is 5.56 Å². The van der Waals surface area contributed by atoms with Crippen LogP contribution in [0.25, 0.3) is 0 Å². The van der Waals surface area contributed by atoms with Gasteiger partial charge in [-0.15, -0.1) is 13.2 Å². The van der Waals surface area contributed by atoms with E-state index in [1.54, 1.807) is 0 Å². The first-order valence-electron chi connectivity index (χ1n) is 5.62. The van der Waals surface area contributed by atoms with Gasteiger partial charge in [0.25, 0.3) is 0 Å². The Kier molecular flexibility index (Phi) is 6.07. The van der Waals surface area contributed by atoms with Crippen molar-refractivity contribution in [2.75, 3.05) is 20.3 Å². The molecule has 7 heteroatoms. The van der Waals surface area contributed by atoms with Gasteiger partial charge in [-0.05, 0) is 17.7 Å². The van der Waals surface area contributed by atoms with E-state index in [0.717, 1.165) is 5.56 Å². The molecule has 108 valence electrons. The van der Waals surface area contributed by atoms with Gasteiger partial charge >= 0.3 is 6.36 Å². The number of aliphatic hydroxyl groups is 1. The van der Waals surface area contributed by atoms with Crippen LogP contribution in [-0.4, -0.2) is 37.8 Å². The number of rotatable bonds is 7. The first-order chi connectivity index (χ1) is 8.94. The molecule has 0 radical (unpaired) electrons. The standard InChI is InChI=1S/C12H16F3NO3/c1-18-8-10(7-17)16-6-9-2-4-11(5-3-9)19-12(13,14)15/h2-5,10,16-17H,6-8H2,1H3. The summed E-state index contributed by atoms with van der Waals surface area (Å²) in [7, 11) is 1.52. The molecule has 1 atom stereocenters. The highest BCUT2D eigenvalue weighted by Gasteiger charge is 2.30. The van der Waals surface area contributed by atoms with Gasteiger partial charge in [0.15, 0.2) is 0 Å². The van der Waals surface area contributed by atoms with E-state index >= 15 is 0 Å². The Labute approximate surface area is 109 Å². The zero-order chi connectivity index (χ0) is 14.3. The van der Waals surface area contributed by atoms with Crippen LogP contribution in [0.4, 0.5) is 13.2 Å². The first-order valence-corrected chi connectivity index (χ1v) is 5.62. The van der Waals surface area contributed by atoms with E-state index in [1.165, 1.54) is 31.4 Å². The number of hydrogen-bond donors (Lipinski definition) is 2. The molecule has 4 nitrogen and oxygen atoms in total. The van der Waals surface area contributed by atoms with Crippen molar-refractivity contribution < 1.29 is 27.8 Å². The van der Waals surface area contributed by atoms with Crippen LogP contribution in [0.3, 0.4) is 0 Å². The third-order valence-electron chi connectivity index (χ3n) is 2.34. The molecule has 2 N–H and O–H groups in total. The predicted molar refractivity (Wildman–Crippen MR) is 62.7 cm³/mol. The second-order valence-corrected chi connectivity index (χ2v) is 3.91. The summed E-state index contributed by atoms with van der Waals surface area (Å²) in [5, 5.41) is 12.0. The van der Waals surface area contributed by atoms with Crippen molar-refractivity contribution in [1.29, 1.82) is 0 Å². The minimum Gasteiger partial charge on any atom is -0.406 e. The first kappa shape index (κ1) is 15.7. The van der Waals surface area contributed by atoms with Gasteiger partial charge in [-0.25, -0.2) is 0 Å². The van der Waals surface area contributed by atoms with Crippen molar-refractivity contribution in [2.45, 2.75) is 18.9 Å². The maximum absolute atomic E-state index is 12.0. The molecule has 0 aliphatic carbocycles. The third kappa shape index (κ3) is 6.42. The monoisotopic (exact) mass is 279 g/mol. The summed E-state index contributed by atoms with van der Waals surface area (Å²) in [6, 6.07) is 5.32. The molecule has 1 rings (SSSR count). The Morgan fingerprint density at radius 1 is 1.26 bits per heavy atom. The molecule has 0 aliphatic heterocycles. The minimum atomic E-state index is -4.68. The molecule has 19 heavy (non-hydrogen) atoms. The summed E-state index contributed by atoms with van der Waals surface area (Å²) in [6.45, 7) is 0.690. The van der Waals surface area contributed by atoms with Crippen molar-refractivity contribution in [3.05, 3.63) is 29.8 Å². The van der Waals surface area contributed by atoms with Crippen LogP contribution in [0, 0.1) is 0 Å². The van der Waals surface area contributed by atoms with E-state index in [2.05, 4.69) is 10.1 Å². The van der Waals surface area contributed by atoms with E-state index < -0.39 is 6.36 Å². The van der Waals surface area contributed by atoms with Crippen LogP contribution >= 0.6 is 0 Å². The van der Waals surface area contributed by atoms with Crippen molar-refractivity contribution in [1.82, 2.24) is 5.32 Å². The van der Waals surface area contributed by atoms with E-state index in [4.69, 9.17) is 9.84 Å². The fourth-order valence-corrected chi connectivity index (χ4v) is 1.45. The fourth-order valence-electron chi connectivity index (χ4n) is 1.45. The summed E-state index contributed by atoms with van der Waals surface area (Å²) in [4.78, 5) is 0. The van der Waals surface area contributed by atoms with Gasteiger partial charge in [-0.3, -0.25) is 0 Å². The SMILES string of the molecule is COCC(CO)NCc1ccc(OC(F)(F)F)cc1. The van der Waals surface area contributed by atoms with Crippen LogP contribution < -0.4 is 10.1 Å². The Morgan fingerprint density at radius 2 is 1.89 bits per heavy atom. The van der Waals surface area contributed by atoms with Crippen molar-refractivity contribution >= 4 is 0 Å². The highest BCUT2D eigenvalue weighted by molar-refractivity contribution is 5.27. The molecule has 0 aromatic heterocycles. The molecular weight excluding hydrogens is 263 g/mol. The summed E-state index contributed by atoms with van der Waals surface area (Å²) in [5.41, 5.74) is 0.782. The van der Waals surface area contributed by atoms with E-state index in [9.17, 15) is 13.2 Å². The fraction of sp³-hybridized carbons (Fsp3) is 0.500. The van der Waals surface area contributed by atoms with Crippen LogP contribution in [0.2, 0.25) is 0 Å². The number of aliphatic hydroxyl groups excluding tert-OH is 1. The number of ether oxygens (including phenoxy) is 2. The van der Waals surface area contributed by atoms with Crippen molar-refractivity contribution in [3.8, 4) is 5.75 Å². The molecule has 0 saturated heterocycles. The molecule has 0 spiro atoms. The van der Waals surface area contributed by atoms with Gasteiger partial charge in [0.2, 0.25) is 0 Å². The quantitative estimate of drug-likeness (QED) is 0.797. The van der Waals surface area contributed by atoms with E-state index in [1.807, 2.05) is 0 Å². The lowest BCUT2D eigenvalue weighted by molar-refractivity contribution is -0.274. The van der Waals surface area contributed by atoms with Gasteiger partial charge in [-0.1, -0.05) is 12.1 Å². The number of methoxy groups -OCH3 is 1. The number of benzene rings is 1. The highest BCUT2D eigenvalue weighted by atomic mass is 19.4. The molecular formula is C12H16F3NO3. The Balaban J connectivity index is 2.48. The Morgan fingerprint density at radius 3 is 2.37 bits per heavy atom. The third-order valence-corrected chi connectivity index (χ3v) is 2.34. The lowest BCUT2D eigenvalue weighted by Crippen LogP contribution is -2.35. The smallest absolute Gasteiger partial charge is 0.406 e. The summed E-state index contributed by atoms with van der Waals surface area (Å²) in [6.07, 6.45) is -4.68.